The summed E-state index contributed by atoms with van der Waals surface area (Å²) in [6, 6.07) is 41.3. The molecule has 5 aromatic heterocycles. The number of benzene rings is 5. The van der Waals surface area contributed by atoms with Crippen LogP contribution in [0.2, 0.25) is 0 Å². The fourth-order valence-electron chi connectivity index (χ4n) is 6.80. The Balaban J connectivity index is 1.50. The van der Waals surface area contributed by atoms with Crippen LogP contribution in [0.25, 0.3) is 86.2 Å². The number of hydrogen-bond acceptors (Lipinski definition) is 3. The molecule has 0 aliphatic carbocycles. The summed E-state index contributed by atoms with van der Waals surface area (Å²) in [4.78, 5) is 10.1. The van der Waals surface area contributed by atoms with Crippen LogP contribution in [-0.4, -0.2) is 18.9 Å². The summed E-state index contributed by atoms with van der Waals surface area (Å²) < 4.78 is 7.32. The van der Waals surface area contributed by atoms with Crippen LogP contribution in [0.4, 0.5) is 0 Å². The number of para-hydroxylation sites is 3. The van der Waals surface area contributed by atoms with Crippen molar-refractivity contribution in [3.63, 3.8) is 0 Å². The van der Waals surface area contributed by atoms with Crippen molar-refractivity contribution in [3.05, 3.63) is 121 Å². The summed E-state index contributed by atoms with van der Waals surface area (Å²) in [6.07, 6.45) is 1.90. The molecule has 0 saturated heterocycles. The molecule has 41 heavy (non-hydrogen) atoms. The van der Waals surface area contributed by atoms with Crippen LogP contribution in [0.15, 0.2) is 121 Å². The molecule has 0 atom stereocenters. The van der Waals surface area contributed by atoms with Gasteiger partial charge in [0.15, 0.2) is 0 Å². The Morgan fingerprint density at radius 1 is 0.561 bits per heavy atom. The molecule has 10 aromatic rings. The summed E-state index contributed by atoms with van der Waals surface area (Å²) >= 11 is 1.88. The fraction of sp³-hybridized carbons (Fsp3) is 0. The molecule has 5 aromatic carbocycles. The summed E-state index contributed by atoms with van der Waals surface area (Å²) in [5.41, 5.74) is 8.64. The minimum atomic E-state index is 0.959. The summed E-state index contributed by atoms with van der Waals surface area (Å²) in [7, 11) is 0. The molecule has 4 nitrogen and oxygen atoms in total. The zero-order valence-corrected chi connectivity index (χ0v) is 22.6. The third kappa shape index (κ3) is 2.73. The van der Waals surface area contributed by atoms with E-state index in [4.69, 9.17) is 9.97 Å². The van der Waals surface area contributed by atoms with E-state index >= 15 is 0 Å². The zero-order chi connectivity index (χ0) is 26.7. The van der Waals surface area contributed by atoms with E-state index in [0.29, 0.717) is 0 Å². The van der Waals surface area contributed by atoms with Gasteiger partial charge in [-0.05, 0) is 60.7 Å². The molecule has 0 bridgehead atoms. The van der Waals surface area contributed by atoms with E-state index in [9.17, 15) is 0 Å². The molecule has 0 spiro atoms. The maximum atomic E-state index is 5.16. The number of imidazole rings is 1. The average Bonchev–Trinajstić information content (AvgIpc) is 3.70. The Bertz CT molecular complexity index is 2690. The van der Waals surface area contributed by atoms with Gasteiger partial charge in [-0.2, -0.15) is 0 Å². The number of pyridine rings is 2. The van der Waals surface area contributed by atoms with E-state index in [1.54, 1.807) is 0 Å². The number of rotatable bonds is 1. The van der Waals surface area contributed by atoms with Crippen LogP contribution in [-0.2, 0) is 0 Å². The average molecular weight is 541 g/mol. The standard InChI is InChI=1S/C36H20N4S/c1-2-9-21(10-3-1)39-29-17-16-23-22-11-4-7-15-32(22)41-35(23)33(29)26-19-24-25(20-31(26)39)36-38-27-12-5-6-13-28(27)40(36)30-14-8-18-37-34(24)30/h1-20H. The van der Waals surface area contributed by atoms with Gasteiger partial charge in [0.2, 0.25) is 0 Å². The van der Waals surface area contributed by atoms with Crippen LogP contribution in [0, 0.1) is 0 Å². The van der Waals surface area contributed by atoms with Crippen molar-refractivity contribution < 1.29 is 0 Å². The van der Waals surface area contributed by atoms with Gasteiger partial charge in [-0.25, -0.2) is 4.98 Å². The van der Waals surface area contributed by atoms with E-state index in [-0.39, 0.29) is 0 Å². The molecule has 10 rings (SSSR count). The molecular weight excluding hydrogens is 520 g/mol. The zero-order valence-electron chi connectivity index (χ0n) is 21.7. The van der Waals surface area contributed by atoms with Crippen LogP contribution in [0.1, 0.15) is 0 Å². The van der Waals surface area contributed by atoms with Crippen molar-refractivity contribution in [1.82, 2.24) is 18.9 Å². The van der Waals surface area contributed by atoms with Crippen LogP contribution < -0.4 is 0 Å². The van der Waals surface area contributed by atoms with Crippen molar-refractivity contribution in [2.24, 2.45) is 0 Å². The molecule has 0 saturated carbocycles. The summed E-state index contributed by atoms with van der Waals surface area (Å²) in [6.45, 7) is 0. The minimum absolute atomic E-state index is 0.959. The predicted octanol–water partition coefficient (Wildman–Crippen LogP) is 9.65. The lowest BCUT2D eigenvalue weighted by Gasteiger charge is -2.10. The van der Waals surface area contributed by atoms with Gasteiger partial charge < -0.3 is 4.57 Å². The fourth-order valence-corrected chi connectivity index (χ4v) is 8.06. The van der Waals surface area contributed by atoms with Crippen molar-refractivity contribution in [2.45, 2.75) is 0 Å². The maximum Gasteiger partial charge on any atom is 0.146 e. The minimum Gasteiger partial charge on any atom is -0.309 e. The summed E-state index contributed by atoms with van der Waals surface area (Å²) in [5, 5.41) is 7.38. The molecule has 0 fully saturated rings. The first-order valence-electron chi connectivity index (χ1n) is 13.8. The van der Waals surface area contributed by atoms with Gasteiger partial charge in [0.05, 0.1) is 33.1 Å². The van der Waals surface area contributed by atoms with Crippen molar-refractivity contribution in [3.8, 4) is 5.69 Å². The number of thiophene rings is 1. The van der Waals surface area contributed by atoms with Gasteiger partial charge in [-0.1, -0.05) is 54.6 Å². The van der Waals surface area contributed by atoms with Crippen molar-refractivity contribution in [2.75, 3.05) is 0 Å². The highest BCUT2D eigenvalue weighted by atomic mass is 32.1. The number of fused-ring (bicyclic) bond motifs is 15. The van der Waals surface area contributed by atoms with Crippen LogP contribution in [0.5, 0.6) is 0 Å². The SMILES string of the molecule is c1ccc(-n2c3cc4c(cc3c3c5sc6ccccc6c5ccc32)c2ncccc2n2c3ccccc3nc42)cc1. The van der Waals surface area contributed by atoms with E-state index in [1.165, 1.54) is 42.0 Å². The quantitative estimate of drug-likeness (QED) is 0.194. The van der Waals surface area contributed by atoms with E-state index < -0.39 is 0 Å². The highest BCUT2D eigenvalue weighted by molar-refractivity contribution is 7.26. The third-order valence-electron chi connectivity index (χ3n) is 8.51. The first-order valence-corrected chi connectivity index (χ1v) is 14.6. The Morgan fingerprint density at radius 2 is 1.39 bits per heavy atom. The second-order valence-electron chi connectivity index (χ2n) is 10.7. The topological polar surface area (TPSA) is 35.1 Å². The van der Waals surface area contributed by atoms with Gasteiger partial charge in [-0.15, -0.1) is 11.3 Å². The molecule has 0 unspecified atom stereocenters. The second kappa shape index (κ2) is 7.68. The van der Waals surface area contributed by atoms with E-state index in [2.05, 4.69) is 118 Å². The molecule has 0 radical (unpaired) electrons. The Hall–Kier alpha value is -5.26. The molecule has 0 N–H and O–H groups in total. The monoisotopic (exact) mass is 540 g/mol. The number of aromatic nitrogens is 4. The van der Waals surface area contributed by atoms with Crippen LogP contribution in [0.3, 0.4) is 0 Å². The van der Waals surface area contributed by atoms with Crippen molar-refractivity contribution >= 4 is 91.8 Å². The lowest BCUT2D eigenvalue weighted by Crippen LogP contribution is -1.95. The third-order valence-corrected chi connectivity index (χ3v) is 9.71. The molecule has 0 aliphatic rings. The highest BCUT2D eigenvalue weighted by Gasteiger charge is 2.21. The van der Waals surface area contributed by atoms with Gasteiger partial charge in [0.1, 0.15) is 5.65 Å². The van der Waals surface area contributed by atoms with E-state index in [1.807, 2.05) is 23.6 Å². The highest BCUT2D eigenvalue weighted by Crippen LogP contribution is 2.45. The van der Waals surface area contributed by atoms with Gasteiger partial charge in [0.25, 0.3) is 0 Å². The molecule has 190 valence electrons. The maximum absolute atomic E-state index is 5.16. The lowest BCUT2D eigenvalue weighted by molar-refractivity contribution is 1.18. The predicted molar refractivity (Wildman–Crippen MR) is 173 cm³/mol. The Labute approximate surface area is 237 Å². The first-order chi connectivity index (χ1) is 20.3. The van der Waals surface area contributed by atoms with Crippen molar-refractivity contribution in [1.29, 1.82) is 0 Å². The number of hydrogen-bond donors (Lipinski definition) is 0. The lowest BCUT2D eigenvalue weighted by atomic mass is 10.0. The Morgan fingerprint density at radius 3 is 2.34 bits per heavy atom. The van der Waals surface area contributed by atoms with Gasteiger partial charge in [0, 0.05) is 53.6 Å². The van der Waals surface area contributed by atoms with Gasteiger partial charge >= 0.3 is 0 Å². The molecule has 5 heteroatoms. The second-order valence-corrected chi connectivity index (χ2v) is 11.7. The molecular formula is C36H20N4S. The smallest absolute Gasteiger partial charge is 0.146 e. The molecule has 0 aliphatic heterocycles. The van der Waals surface area contributed by atoms with Gasteiger partial charge in [-0.3, -0.25) is 9.38 Å². The van der Waals surface area contributed by atoms with E-state index in [0.717, 1.165) is 44.2 Å². The normalized spacial score (nSPS) is 12.4. The largest absolute Gasteiger partial charge is 0.309 e. The first kappa shape index (κ1) is 21.5. The Kier molecular flexibility index (Phi) is 4.04. The molecule has 5 heterocycles. The van der Waals surface area contributed by atoms with Crippen LogP contribution >= 0.6 is 11.3 Å². The molecule has 0 amide bonds. The number of nitrogens with zero attached hydrogens (tertiary/aromatic N) is 4. The summed E-state index contributed by atoms with van der Waals surface area (Å²) in [5.74, 6) is 0.